The van der Waals surface area contributed by atoms with Crippen molar-refractivity contribution in [3.8, 4) is 5.75 Å². The highest BCUT2D eigenvalue weighted by Gasteiger charge is 2.16. The zero-order chi connectivity index (χ0) is 14.9. The first-order valence-electron chi connectivity index (χ1n) is 5.78. The Bertz CT molecular complexity index is 623. The van der Waals surface area contributed by atoms with Crippen molar-refractivity contribution in [2.45, 2.75) is 18.9 Å². The topological polar surface area (TPSA) is 27.1 Å². The van der Waals surface area contributed by atoms with Crippen LogP contribution in [0.2, 0.25) is 5.02 Å². The quantitative estimate of drug-likeness (QED) is 0.762. The molecule has 0 aliphatic rings. The van der Waals surface area contributed by atoms with Gasteiger partial charge in [0.1, 0.15) is 6.61 Å². The lowest BCUT2D eigenvalue weighted by Gasteiger charge is -2.10. The molecule has 0 radical (unpaired) electrons. The van der Waals surface area contributed by atoms with Crippen LogP contribution in [0.4, 0.5) is 8.78 Å². The highest BCUT2D eigenvalue weighted by atomic mass is 79.9. The van der Waals surface area contributed by atoms with Gasteiger partial charge in [0, 0.05) is 12.4 Å². The van der Waals surface area contributed by atoms with Gasteiger partial charge in [0.2, 0.25) is 0 Å². The largest absolute Gasteiger partial charge is 0.481 e. The Morgan fingerprint density at radius 1 is 1.35 bits per heavy atom. The van der Waals surface area contributed by atoms with Gasteiger partial charge in [-0.15, -0.1) is 0 Å². The molecule has 0 aliphatic carbocycles. The number of nitrogens with zero attached hydrogens (tertiary/aromatic N) is 2. The van der Waals surface area contributed by atoms with Crippen molar-refractivity contribution in [3.05, 3.63) is 45.7 Å². The lowest BCUT2D eigenvalue weighted by atomic mass is 10.2. The minimum atomic E-state index is -0.741. The number of aromatic nitrogens is 2. The van der Waals surface area contributed by atoms with Crippen molar-refractivity contribution in [2.24, 2.45) is 7.05 Å². The molecule has 7 heteroatoms. The van der Waals surface area contributed by atoms with E-state index in [1.54, 1.807) is 14.0 Å². The van der Waals surface area contributed by atoms with E-state index in [9.17, 15) is 8.78 Å². The lowest BCUT2D eigenvalue weighted by Crippen LogP contribution is -2.06. The minimum Gasteiger partial charge on any atom is -0.481 e. The van der Waals surface area contributed by atoms with Crippen LogP contribution in [-0.2, 0) is 19.0 Å². The van der Waals surface area contributed by atoms with E-state index in [2.05, 4.69) is 21.0 Å². The van der Waals surface area contributed by atoms with Crippen LogP contribution in [0.3, 0.4) is 0 Å². The number of ether oxygens (including phenoxy) is 1. The van der Waals surface area contributed by atoms with Crippen molar-refractivity contribution in [2.75, 3.05) is 0 Å². The predicted octanol–water partition coefficient (Wildman–Crippen LogP) is 4.13. The summed E-state index contributed by atoms with van der Waals surface area (Å²) >= 11 is 9.20. The molecule has 0 saturated carbocycles. The van der Waals surface area contributed by atoms with Crippen LogP contribution in [0.1, 0.15) is 17.0 Å². The second-order valence-corrected chi connectivity index (χ2v) is 5.22. The summed E-state index contributed by atoms with van der Waals surface area (Å²) < 4.78 is 34.3. The van der Waals surface area contributed by atoms with E-state index >= 15 is 0 Å². The summed E-state index contributed by atoms with van der Waals surface area (Å²) in [5.74, 6) is -1.89. The molecule has 108 valence electrons. The van der Waals surface area contributed by atoms with Crippen LogP contribution >= 0.6 is 27.5 Å². The molecule has 2 rings (SSSR count). The monoisotopic (exact) mass is 364 g/mol. The van der Waals surface area contributed by atoms with E-state index in [0.717, 1.165) is 0 Å². The SMILES string of the molecule is Cc1nn(C)c(COc2c(F)cc(CBr)cc2F)c1Cl. The highest BCUT2D eigenvalue weighted by Crippen LogP contribution is 2.27. The first-order chi connectivity index (χ1) is 9.43. The maximum absolute atomic E-state index is 13.8. The maximum Gasteiger partial charge on any atom is 0.191 e. The van der Waals surface area contributed by atoms with E-state index < -0.39 is 17.4 Å². The molecule has 3 nitrogen and oxygen atoms in total. The van der Waals surface area contributed by atoms with Gasteiger partial charge in [0.25, 0.3) is 0 Å². The first kappa shape index (κ1) is 15.3. The van der Waals surface area contributed by atoms with Crippen LogP contribution < -0.4 is 4.74 Å². The van der Waals surface area contributed by atoms with Gasteiger partial charge < -0.3 is 4.74 Å². The van der Waals surface area contributed by atoms with Gasteiger partial charge in [-0.1, -0.05) is 27.5 Å². The third-order valence-electron chi connectivity index (χ3n) is 2.83. The molecule has 0 atom stereocenters. The molecule has 0 saturated heterocycles. The number of halogens is 4. The van der Waals surface area contributed by atoms with Gasteiger partial charge in [-0.05, 0) is 24.6 Å². The van der Waals surface area contributed by atoms with E-state index in [-0.39, 0.29) is 6.61 Å². The Hall–Kier alpha value is -1.14. The maximum atomic E-state index is 13.8. The van der Waals surface area contributed by atoms with Crippen LogP contribution in [0.5, 0.6) is 5.75 Å². The average Bonchev–Trinajstić information content (AvgIpc) is 2.63. The molecule has 0 aliphatic heterocycles. The van der Waals surface area contributed by atoms with E-state index in [1.165, 1.54) is 16.8 Å². The third kappa shape index (κ3) is 2.96. The molecule has 1 heterocycles. The standard InChI is InChI=1S/C13H12BrClF2N2O/c1-7-12(15)11(19(2)18-7)6-20-13-9(16)3-8(5-14)4-10(13)17/h3-4H,5-6H2,1-2H3. The zero-order valence-electron chi connectivity index (χ0n) is 10.9. The van der Waals surface area contributed by atoms with Gasteiger partial charge in [0.15, 0.2) is 17.4 Å². The molecular weight excluding hydrogens is 354 g/mol. The Labute approximate surface area is 128 Å². The van der Waals surface area contributed by atoms with Crippen LogP contribution in [0.25, 0.3) is 0 Å². The third-order valence-corrected chi connectivity index (χ3v) is 3.97. The van der Waals surface area contributed by atoms with Gasteiger partial charge in [-0.2, -0.15) is 5.10 Å². The summed E-state index contributed by atoms with van der Waals surface area (Å²) in [5, 5.41) is 4.91. The molecule has 1 aromatic heterocycles. The first-order valence-corrected chi connectivity index (χ1v) is 7.28. The Kier molecular flexibility index (Phi) is 4.65. The molecule has 0 fully saturated rings. The van der Waals surface area contributed by atoms with E-state index in [1.807, 2.05) is 0 Å². The Balaban J connectivity index is 2.23. The van der Waals surface area contributed by atoms with Gasteiger partial charge >= 0.3 is 0 Å². The van der Waals surface area contributed by atoms with Crippen molar-refractivity contribution < 1.29 is 13.5 Å². The Morgan fingerprint density at radius 2 is 1.95 bits per heavy atom. The van der Waals surface area contributed by atoms with E-state index in [0.29, 0.717) is 27.3 Å². The number of hydrogen-bond donors (Lipinski definition) is 0. The van der Waals surface area contributed by atoms with Gasteiger partial charge in [-0.3, -0.25) is 4.68 Å². The number of alkyl halides is 1. The summed E-state index contributed by atoms with van der Waals surface area (Å²) in [6.45, 7) is 1.69. The molecule has 0 spiro atoms. The second kappa shape index (κ2) is 6.10. The Morgan fingerprint density at radius 3 is 2.40 bits per heavy atom. The molecule has 1 aromatic carbocycles. The smallest absolute Gasteiger partial charge is 0.191 e. The summed E-state index contributed by atoms with van der Waals surface area (Å²) in [4.78, 5) is 0. The van der Waals surface area contributed by atoms with Crippen LogP contribution in [0, 0.1) is 18.6 Å². The highest BCUT2D eigenvalue weighted by molar-refractivity contribution is 9.08. The molecule has 20 heavy (non-hydrogen) atoms. The van der Waals surface area contributed by atoms with Crippen molar-refractivity contribution in [3.63, 3.8) is 0 Å². The lowest BCUT2D eigenvalue weighted by molar-refractivity contribution is 0.265. The average molecular weight is 366 g/mol. The summed E-state index contributed by atoms with van der Waals surface area (Å²) in [7, 11) is 1.69. The van der Waals surface area contributed by atoms with Gasteiger partial charge in [0.05, 0.1) is 16.4 Å². The minimum absolute atomic E-state index is 0.0579. The molecular formula is C13H12BrClF2N2O. The van der Waals surface area contributed by atoms with Crippen molar-refractivity contribution in [1.82, 2.24) is 9.78 Å². The number of rotatable bonds is 4. The van der Waals surface area contributed by atoms with Crippen LogP contribution in [0.15, 0.2) is 12.1 Å². The number of aryl methyl sites for hydroxylation is 2. The van der Waals surface area contributed by atoms with E-state index in [4.69, 9.17) is 16.3 Å². The summed E-state index contributed by atoms with van der Waals surface area (Å²) in [6.07, 6.45) is 0. The molecule has 0 N–H and O–H groups in total. The summed E-state index contributed by atoms with van der Waals surface area (Å²) in [6, 6.07) is 2.45. The molecule has 0 unspecified atom stereocenters. The fourth-order valence-electron chi connectivity index (χ4n) is 1.80. The zero-order valence-corrected chi connectivity index (χ0v) is 13.2. The van der Waals surface area contributed by atoms with Crippen molar-refractivity contribution >= 4 is 27.5 Å². The predicted molar refractivity (Wildman–Crippen MR) is 76.3 cm³/mol. The number of benzene rings is 1. The molecule has 0 bridgehead atoms. The van der Waals surface area contributed by atoms with Crippen molar-refractivity contribution in [1.29, 1.82) is 0 Å². The van der Waals surface area contributed by atoms with Gasteiger partial charge in [-0.25, -0.2) is 8.78 Å². The molecule has 2 aromatic rings. The molecule has 0 amide bonds. The second-order valence-electron chi connectivity index (χ2n) is 4.28. The van der Waals surface area contributed by atoms with Crippen LogP contribution in [-0.4, -0.2) is 9.78 Å². The normalized spacial score (nSPS) is 10.9. The fraction of sp³-hybridized carbons (Fsp3) is 0.308. The summed E-state index contributed by atoms with van der Waals surface area (Å²) in [5.41, 5.74) is 1.71. The number of hydrogen-bond acceptors (Lipinski definition) is 2. The fourth-order valence-corrected chi connectivity index (χ4v) is 2.34.